The van der Waals surface area contributed by atoms with Gasteiger partial charge in [0.1, 0.15) is 0 Å². The zero-order valence-electron chi connectivity index (χ0n) is 17.7. The van der Waals surface area contributed by atoms with E-state index in [-0.39, 0.29) is 17.7 Å². The molecule has 0 bridgehead atoms. The molecule has 2 atom stereocenters. The van der Waals surface area contributed by atoms with Crippen LogP contribution in [0, 0.1) is 11.8 Å². The molecule has 2 fully saturated rings. The van der Waals surface area contributed by atoms with E-state index in [1.807, 2.05) is 22.8 Å². The Kier molecular flexibility index (Phi) is 4.69. The van der Waals surface area contributed by atoms with Crippen LogP contribution >= 0.6 is 0 Å². The van der Waals surface area contributed by atoms with Crippen LogP contribution in [0.5, 0.6) is 0 Å². The molecule has 1 aliphatic carbocycles. The monoisotopic (exact) mass is 397 g/mol. The van der Waals surface area contributed by atoms with Crippen LogP contribution in [0.25, 0.3) is 0 Å². The second kappa shape index (κ2) is 7.23. The molecule has 8 heteroatoms. The summed E-state index contributed by atoms with van der Waals surface area (Å²) < 4.78 is 4.08. The van der Waals surface area contributed by atoms with Gasteiger partial charge in [-0.15, -0.1) is 5.10 Å². The third-order valence-corrected chi connectivity index (χ3v) is 7.10. The number of rotatable bonds is 4. The van der Waals surface area contributed by atoms with Gasteiger partial charge >= 0.3 is 0 Å². The molecule has 0 N–H and O–H groups in total. The number of carbonyl (C=O) groups excluding carboxylic acids is 1. The zero-order chi connectivity index (χ0) is 20.1. The lowest BCUT2D eigenvalue weighted by Gasteiger charge is -2.36. The van der Waals surface area contributed by atoms with E-state index < -0.39 is 0 Å². The molecule has 0 spiro atoms. The molecule has 4 heterocycles. The number of carbonyl (C=O) groups is 1. The molecule has 2 aliphatic heterocycles. The maximum absolute atomic E-state index is 13.6. The van der Waals surface area contributed by atoms with Crippen LogP contribution in [0.15, 0.2) is 12.5 Å². The highest BCUT2D eigenvalue weighted by atomic mass is 16.2. The molecule has 1 saturated carbocycles. The zero-order valence-corrected chi connectivity index (χ0v) is 17.7. The summed E-state index contributed by atoms with van der Waals surface area (Å²) in [5.74, 6) is 1.16. The van der Waals surface area contributed by atoms with E-state index in [0.29, 0.717) is 12.6 Å². The molecular formula is C21H31N7O. The fraction of sp³-hybridized carbons (Fsp3) is 0.714. The molecule has 0 radical (unpaired) electrons. The summed E-state index contributed by atoms with van der Waals surface area (Å²) in [6.07, 6.45) is 7.04. The summed E-state index contributed by atoms with van der Waals surface area (Å²) >= 11 is 0. The maximum Gasteiger partial charge on any atom is 0.228 e. The summed E-state index contributed by atoms with van der Waals surface area (Å²) in [7, 11) is 1.99. The largest absolute Gasteiger partial charge is 0.340 e. The quantitative estimate of drug-likeness (QED) is 0.784. The highest BCUT2D eigenvalue weighted by molar-refractivity contribution is 5.80. The molecule has 0 unspecified atom stereocenters. The molecule has 2 aromatic heterocycles. The number of nitrogens with zero attached hydrogens (tertiary/aromatic N) is 7. The standard InChI is InChI=1S/C21H31N7O/c1-4-26-9-16(19-11-25(3)13-22-19)17(10-26)21(29)27-6-5-18-20(12-27)28(24-23-18)15-7-14(2)8-15/h11,13-17H,4-10,12H2,1-3H3/t14?,15?,16-,17-/m1/s1. The van der Waals surface area contributed by atoms with Crippen LogP contribution in [0.1, 0.15) is 55.7 Å². The molecule has 2 aromatic rings. The lowest BCUT2D eigenvalue weighted by Crippen LogP contribution is -2.43. The molecule has 8 nitrogen and oxygen atoms in total. The Bertz CT molecular complexity index is 897. The summed E-state index contributed by atoms with van der Waals surface area (Å²) in [5.41, 5.74) is 3.27. The van der Waals surface area contributed by atoms with Gasteiger partial charge in [-0.2, -0.15) is 0 Å². The minimum absolute atomic E-state index is 0.0283. The van der Waals surface area contributed by atoms with Gasteiger partial charge < -0.3 is 14.4 Å². The van der Waals surface area contributed by atoms with Crippen LogP contribution in [0.3, 0.4) is 0 Å². The van der Waals surface area contributed by atoms with Crippen molar-refractivity contribution in [2.24, 2.45) is 18.9 Å². The van der Waals surface area contributed by atoms with Crippen molar-refractivity contribution < 1.29 is 4.79 Å². The van der Waals surface area contributed by atoms with Crippen molar-refractivity contribution in [3.8, 4) is 0 Å². The van der Waals surface area contributed by atoms with Gasteiger partial charge in [0.15, 0.2) is 0 Å². The second-order valence-corrected chi connectivity index (χ2v) is 9.20. The Labute approximate surface area is 171 Å². The average molecular weight is 398 g/mol. The van der Waals surface area contributed by atoms with Crippen molar-refractivity contribution >= 4 is 5.91 Å². The lowest BCUT2D eigenvalue weighted by molar-refractivity contribution is -0.136. The van der Waals surface area contributed by atoms with Crippen molar-refractivity contribution in [2.45, 2.75) is 51.6 Å². The number of likely N-dealkylation sites (tertiary alicyclic amines) is 1. The smallest absolute Gasteiger partial charge is 0.228 e. The molecule has 29 heavy (non-hydrogen) atoms. The fourth-order valence-corrected chi connectivity index (χ4v) is 5.30. The Balaban J connectivity index is 1.36. The van der Waals surface area contributed by atoms with Crippen LogP contribution in [-0.4, -0.2) is 66.4 Å². The SMILES string of the molecule is CCN1C[C@@H](C(=O)N2CCc3nnn(C4CC(C)C4)c3C2)[C@H](c2cn(C)cn2)C1. The van der Waals surface area contributed by atoms with Gasteiger partial charge in [0, 0.05) is 45.2 Å². The maximum atomic E-state index is 13.6. The first-order chi connectivity index (χ1) is 14.0. The highest BCUT2D eigenvalue weighted by Crippen LogP contribution is 2.39. The molecule has 156 valence electrons. The number of hydrogen-bond acceptors (Lipinski definition) is 5. The predicted molar refractivity (Wildman–Crippen MR) is 108 cm³/mol. The van der Waals surface area contributed by atoms with Gasteiger partial charge in [0.25, 0.3) is 0 Å². The molecule has 0 aromatic carbocycles. The normalized spacial score (nSPS) is 29.7. The van der Waals surface area contributed by atoms with Gasteiger partial charge in [-0.25, -0.2) is 9.67 Å². The number of aryl methyl sites for hydroxylation is 1. The Morgan fingerprint density at radius 3 is 2.79 bits per heavy atom. The first-order valence-electron chi connectivity index (χ1n) is 11.0. The fourth-order valence-electron chi connectivity index (χ4n) is 5.30. The van der Waals surface area contributed by atoms with Crippen molar-refractivity contribution in [1.29, 1.82) is 0 Å². The topological polar surface area (TPSA) is 72.1 Å². The Hall–Kier alpha value is -2.22. The van der Waals surface area contributed by atoms with Crippen molar-refractivity contribution in [3.05, 3.63) is 29.6 Å². The second-order valence-electron chi connectivity index (χ2n) is 9.20. The van der Waals surface area contributed by atoms with Gasteiger partial charge in [0.2, 0.25) is 5.91 Å². The summed E-state index contributed by atoms with van der Waals surface area (Å²) in [5, 5.41) is 8.86. The number of aromatic nitrogens is 5. The number of amides is 1. The van der Waals surface area contributed by atoms with Gasteiger partial charge in [-0.1, -0.05) is 19.1 Å². The molecule has 1 amide bonds. The first-order valence-corrected chi connectivity index (χ1v) is 11.0. The Morgan fingerprint density at radius 1 is 1.28 bits per heavy atom. The highest BCUT2D eigenvalue weighted by Gasteiger charge is 2.42. The molecule has 1 saturated heterocycles. The van der Waals surface area contributed by atoms with E-state index in [1.54, 1.807) is 0 Å². The molecule has 5 rings (SSSR count). The summed E-state index contributed by atoms with van der Waals surface area (Å²) in [6.45, 7) is 8.52. The third kappa shape index (κ3) is 3.27. The van der Waals surface area contributed by atoms with E-state index in [0.717, 1.165) is 55.6 Å². The van der Waals surface area contributed by atoms with Crippen LogP contribution in [0.2, 0.25) is 0 Å². The minimum Gasteiger partial charge on any atom is -0.340 e. The van der Waals surface area contributed by atoms with Crippen molar-refractivity contribution in [2.75, 3.05) is 26.2 Å². The molecule has 3 aliphatic rings. The number of likely N-dealkylation sites (N-methyl/N-ethyl adjacent to an activating group) is 1. The molecular weight excluding hydrogens is 366 g/mol. The van der Waals surface area contributed by atoms with E-state index in [4.69, 9.17) is 0 Å². The van der Waals surface area contributed by atoms with Gasteiger partial charge in [-0.05, 0) is 25.3 Å². The third-order valence-electron chi connectivity index (χ3n) is 7.10. The lowest BCUT2D eigenvalue weighted by atomic mass is 9.82. The number of imidazole rings is 1. The summed E-state index contributed by atoms with van der Waals surface area (Å²) in [4.78, 5) is 22.6. The van der Waals surface area contributed by atoms with Gasteiger partial charge in [0.05, 0.1) is 41.9 Å². The van der Waals surface area contributed by atoms with Crippen molar-refractivity contribution in [3.63, 3.8) is 0 Å². The van der Waals surface area contributed by atoms with Crippen LogP contribution in [-0.2, 0) is 24.8 Å². The van der Waals surface area contributed by atoms with Gasteiger partial charge in [-0.3, -0.25) is 4.79 Å². The van der Waals surface area contributed by atoms with E-state index in [2.05, 4.69) is 44.9 Å². The van der Waals surface area contributed by atoms with Crippen molar-refractivity contribution in [1.82, 2.24) is 34.3 Å². The summed E-state index contributed by atoms with van der Waals surface area (Å²) in [6, 6.07) is 0.458. The average Bonchev–Trinajstić information content (AvgIpc) is 3.42. The van der Waals surface area contributed by atoms with E-state index in [1.165, 1.54) is 12.8 Å². The van der Waals surface area contributed by atoms with E-state index >= 15 is 0 Å². The Morgan fingerprint density at radius 2 is 2.10 bits per heavy atom. The number of fused-ring (bicyclic) bond motifs is 1. The van der Waals surface area contributed by atoms with Crippen LogP contribution < -0.4 is 0 Å². The number of hydrogen-bond donors (Lipinski definition) is 0. The van der Waals surface area contributed by atoms with E-state index in [9.17, 15) is 4.79 Å². The van der Waals surface area contributed by atoms with Crippen LogP contribution in [0.4, 0.5) is 0 Å². The predicted octanol–water partition coefficient (Wildman–Crippen LogP) is 1.60. The minimum atomic E-state index is -0.0283. The first kappa shape index (κ1) is 18.8.